The molecule has 1 aromatic heterocycles. The minimum Gasteiger partial charge on any atom is -0.494 e. The van der Waals surface area contributed by atoms with Crippen molar-refractivity contribution in [3.8, 4) is 16.9 Å². The highest BCUT2D eigenvalue weighted by atomic mass is 19.1. The summed E-state index contributed by atoms with van der Waals surface area (Å²) in [7, 11) is 3.38. The summed E-state index contributed by atoms with van der Waals surface area (Å²) in [6.45, 7) is 4.13. The molecule has 6 heteroatoms. The van der Waals surface area contributed by atoms with Gasteiger partial charge in [0.05, 0.1) is 25.0 Å². The number of methoxy groups -OCH3 is 1. The lowest BCUT2D eigenvalue weighted by atomic mass is 9.98. The average molecular weight is 404 g/mol. The first kappa shape index (κ1) is 19.9. The van der Waals surface area contributed by atoms with Gasteiger partial charge in [0.25, 0.3) is 0 Å². The molecule has 30 heavy (non-hydrogen) atoms. The third-order valence-corrected chi connectivity index (χ3v) is 5.50. The Balaban J connectivity index is 1.73. The Labute approximate surface area is 176 Å². The molecule has 1 aliphatic heterocycles. The van der Waals surface area contributed by atoms with Gasteiger partial charge < -0.3 is 9.64 Å². The maximum absolute atomic E-state index is 15.1. The lowest BCUT2D eigenvalue weighted by Crippen LogP contribution is -2.35. The highest BCUT2D eigenvalue weighted by molar-refractivity contribution is 5.86. The van der Waals surface area contributed by atoms with E-state index in [0.29, 0.717) is 5.56 Å². The Morgan fingerprint density at radius 2 is 1.93 bits per heavy atom. The van der Waals surface area contributed by atoms with Crippen LogP contribution in [0.15, 0.2) is 65.9 Å². The predicted molar refractivity (Wildman–Crippen MR) is 118 cm³/mol. The van der Waals surface area contributed by atoms with Crippen LogP contribution in [0.2, 0.25) is 0 Å². The normalized spacial score (nSPS) is 17.0. The number of aliphatic imine (C=N–C) groups is 1. The molecule has 0 spiro atoms. The summed E-state index contributed by atoms with van der Waals surface area (Å²) in [4.78, 5) is 6.69. The van der Waals surface area contributed by atoms with E-state index in [1.165, 1.54) is 7.11 Å². The number of rotatable bonds is 5. The molecule has 2 aromatic carbocycles. The standard InChI is InChI=1S/C24H25FN4O/c1-16(18-7-5-8-19(13-18)20-14-27-28(3)15-20)29-17(2)26-12-11-22(29)21-9-6-10-23(30-4)24(21)25/h5-17H,1-4H3. The molecule has 0 saturated carbocycles. The zero-order valence-electron chi connectivity index (χ0n) is 17.6. The molecule has 4 rings (SSSR count). The number of ether oxygens (including phenoxy) is 1. The summed E-state index contributed by atoms with van der Waals surface area (Å²) in [5, 5.41) is 4.27. The van der Waals surface area contributed by atoms with E-state index in [1.54, 1.807) is 29.1 Å². The number of hydrogen-bond acceptors (Lipinski definition) is 4. The maximum atomic E-state index is 15.1. The van der Waals surface area contributed by atoms with Crippen LogP contribution in [0.3, 0.4) is 0 Å². The van der Waals surface area contributed by atoms with Gasteiger partial charge in [-0.15, -0.1) is 0 Å². The van der Waals surface area contributed by atoms with Crippen LogP contribution in [0.1, 0.15) is 31.0 Å². The number of allylic oxidation sites excluding steroid dienone is 1. The molecule has 0 N–H and O–H groups in total. The van der Waals surface area contributed by atoms with E-state index in [4.69, 9.17) is 4.74 Å². The lowest BCUT2D eigenvalue weighted by Gasteiger charge is -2.38. The van der Waals surface area contributed by atoms with Crippen LogP contribution in [0.4, 0.5) is 4.39 Å². The Morgan fingerprint density at radius 1 is 1.13 bits per heavy atom. The molecular formula is C24H25FN4O. The van der Waals surface area contributed by atoms with Crippen molar-refractivity contribution >= 4 is 11.9 Å². The Bertz CT molecular complexity index is 1120. The molecular weight excluding hydrogens is 379 g/mol. The van der Waals surface area contributed by atoms with E-state index in [1.807, 2.05) is 38.5 Å². The van der Waals surface area contributed by atoms with Gasteiger partial charge >= 0.3 is 0 Å². The van der Waals surface area contributed by atoms with Crippen LogP contribution in [0, 0.1) is 5.82 Å². The van der Waals surface area contributed by atoms with Gasteiger partial charge in [-0.05, 0) is 49.2 Å². The number of benzene rings is 2. The molecule has 2 atom stereocenters. The van der Waals surface area contributed by atoms with Crippen molar-refractivity contribution < 1.29 is 9.13 Å². The Kier molecular flexibility index (Phi) is 5.40. The van der Waals surface area contributed by atoms with Gasteiger partial charge in [-0.2, -0.15) is 5.10 Å². The first-order valence-electron chi connectivity index (χ1n) is 9.93. The summed E-state index contributed by atoms with van der Waals surface area (Å²) in [5.41, 5.74) is 4.56. The van der Waals surface area contributed by atoms with Crippen molar-refractivity contribution in [1.82, 2.24) is 14.7 Å². The highest BCUT2D eigenvalue weighted by Gasteiger charge is 2.28. The molecule has 0 aliphatic carbocycles. The fraction of sp³-hybridized carbons (Fsp3) is 0.250. The van der Waals surface area contributed by atoms with Gasteiger partial charge in [-0.3, -0.25) is 9.67 Å². The van der Waals surface area contributed by atoms with Gasteiger partial charge in [-0.25, -0.2) is 4.39 Å². The minimum absolute atomic E-state index is 0.0223. The molecule has 0 amide bonds. The van der Waals surface area contributed by atoms with Crippen molar-refractivity contribution in [3.63, 3.8) is 0 Å². The number of halogens is 1. The minimum atomic E-state index is -0.366. The summed E-state index contributed by atoms with van der Waals surface area (Å²) in [6.07, 6.45) is 7.32. The summed E-state index contributed by atoms with van der Waals surface area (Å²) < 4.78 is 22.0. The van der Waals surface area contributed by atoms with Crippen LogP contribution < -0.4 is 4.74 Å². The fourth-order valence-corrected chi connectivity index (χ4v) is 3.93. The van der Waals surface area contributed by atoms with Crippen molar-refractivity contribution in [3.05, 3.63) is 77.9 Å². The van der Waals surface area contributed by atoms with Gasteiger partial charge in [0, 0.05) is 30.6 Å². The van der Waals surface area contributed by atoms with Crippen molar-refractivity contribution in [2.45, 2.75) is 26.1 Å². The van der Waals surface area contributed by atoms with E-state index in [2.05, 4.69) is 40.1 Å². The largest absolute Gasteiger partial charge is 0.494 e. The summed E-state index contributed by atoms with van der Waals surface area (Å²) in [6, 6.07) is 13.6. The summed E-state index contributed by atoms with van der Waals surface area (Å²) in [5.74, 6) is -0.134. The average Bonchev–Trinajstić information content (AvgIpc) is 3.20. The molecule has 0 saturated heterocycles. The SMILES string of the molecule is COc1cccc(C2=CC=NC(C)N2C(C)c2cccc(-c3cnn(C)c3)c2)c1F. The van der Waals surface area contributed by atoms with Crippen LogP contribution in [-0.4, -0.2) is 34.2 Å². The topological polar surface area (TPSA) is 42.6 Å². The van der Waals surface area contributed by atoms with Gasteiger partial charge in [0.2, 0.25) is 0 Å². The van der Waals surface area contributed by atoms with E-state index in [0.717, 1.165) is 22.4 Å². The smallest absolute Gasteiger partial charge is 0.174 e. The van der Waals surface area contributed by atoms with Crippen LogP contribution >= 0.6 is 0 Å². The van der Waals surface area contributed by atoms with E-state index < -0.39 is 0 Å². The van der Waals surface area contributed by atoms with E-state index in [9.17, 15) is 0 Å². The first-order chi connectivity index (χ1) is 14.5. The third kappa shape index (κ3) is 3.61. The van der Waals surface area contributed by atoms with Crippen molar-refractivity contribution in [1.29, 1.82) is 0 Å². The van der Waals surface area contributed by atoms with E-state index >= 15 is 4.39 Å². The van der Waals surface area contributed by atoms with Crippen LogP contribution in [-0.2, 0) is 7.05 Å². The van der Waals surface area contributed by atoms with Crippen LogP contribution in [0.25, 0.3) is 16.8 Å². The molecule has 3 aromatic rings. The molecule has 2 unspecified atom stereocenters. The fourth-order valence-electron chi connectivity index (χ4n) is 3.93. The second-order valence-corrected chi connectivity index (χ2v) is 7.42. The number of nitrogens with zero attached hydrogens (tertiary/aromatic N) is 4. The molecule has 0 radical (unpaired) electrons. The quantitative estimate of drug-likeness (QED) is 0.596. The molecule has 5 nitrogen and oxygen atoms in total. The zero-order chi connectivity index (χ0) is 21.3. The summed E-state index contributed by atoms with van der Waals surface area (Å²) >= 11 is 0. The number of aryl methyl sites for hydroxylation is 1. The molecule has 1 aliphatic rings. The molecule has 0 bridgehead atoms. The molecule has 154 valence electrons. The highest BCUT2D eigenvalue weighted by Crippen LogP contribution is 2.37. The van der Waals surface area contributed by atoms with Crippen molar-refractivity contribution in [2.24, 2.45) is 12.0 Å². The first-order valence-corrected chi connectivity index (χ1v) is 9.93. The Hall–Kier alpha value is -3.41. The second kappa shape index (κ2) is 8.14. The monoisotopic (exact) mass is 404 g/mol. The van der Waals surface area contributed by atoms with Gasteiger partial charge in [0.1, 0.15) is 6.17 Å². The number of hydrogen-bond donors (Lipinski definition) is 0. The lowest BCUT2D eigenvalue weighted by molar-refractivity contribution is 0.251. The van der Waals surface area contributed by atoms with E-state index in [-0.39, 0.29) is 23.8 Å². The predicted octanol–water partition coefficient (Wildman–Crippen LogP) is 5.07. The molecule has 0 fully saturated rings. The van der Waals surface area contributed by atoms with Crippen LogP contribution in [0.5, 0.6) is 5.75 Å². The maximum Gasteiger partial charge on any atom is 0.174 e. The molecule has 2 heterocycles. The van der Waals surface area contributed by atoms with Crippen molar-refractivity contribution in [2.75, 3.05) is 7.11 Å². The second-order valence-electron chi connectivity index (χ2n) is 7.42. The zero-order valence-corrected chi connectivity index (χ0v) is 17.6. The van der Waals surface area contributed by atoms with Gasteiger partial charge in [-0.1, -0.05) is 24.3 Å². The number of aromatic nitrogens is 2. The van der Waals surface area contributed by atoms with Gasteiger partial charge in [0.15, 0.2) is 11.6 Å². The third-order valence-electron chi connectivity index (χ3n) is 5.50. The Morgan fingerprint density at radius 3 is 2.67 bits per heavy atom.